The van der Waals surface area contributed by atoms with E-state index in [9.17, 15) is 18.0 Å². The van der Waals surface area contributed by atoms with Crippen LogP contribution in [0.2, 0.25) is 0 Å². The molecule has 0 aliphatic carbocycles. The van der Waals surface area contributed by atoms with Gasteiger partial charge in [-0.05, 0) is 37.6 Å². The van der Waals surface area contributed by atoms with E-state index in [-0.39, 0.29) is 34.8 Å². The summed E-state index contributed by atoms with van der Waals surface area (Å²) < 4.78 is 33.0. The third kappa shape index (κ3) is 4.15. The summed E-state index contributed by atoms with van der Waals surface area (Å²) >= 11 is 0. The molecule has 4 N–H and O–H groups in total. The van der Waals surface area contributed by atoms with Crippen molar-refractivity contribution in [2.45, 2.75) is 23.3 Å². The van der Waals surface area contributed by atoms with Gasteiger partial charge in [0.1, 0.15) is 0 Å². The van der Waals surface area contributed by atoms with Gasteiger partial charge >= 0.3 is 5.69 Å². The number of sulfonamides is 1. The average molecular weight is 405 g/mol. The van der Waals surface area contributed by atoms with E-state index < -0.39 is 26.8 Å². The highest BCUT2D eigenvalue weighted by atomic mass is 35.5. The first kappa shape index (κ1) is 20.6. The molecule has 144 valence electrons. The van der Waals surface area contributed by atoms with Gasteiger partial charge in [-0.15, -0.1) is 12.4 Å². The zero-order valence-electron chi connectivity index (χ0n) is 14.1. The van der Waals surface area contributed by atoms with Crippen LogP contribution in [0.25, 0.3) is 10.9 Å². The highest BCUT2D eigenvalue weighted by Crippen LogP contribution is 2.20. The van der Waals surface area contributed by atoms with Crippen molar-refractivity contribution >= 4 is 33.3 Å². The Bertz CT molecular complexity index is 995. The Hall–Kier alpha value is -1.72. The average Bonchev–Trinajstić information content (AvgIpc) is 3.02. The number of nitrogens with one attached hydrogen (secondary N) is 4. The lowest BCUT2D eigenvalue weighted by atomic mass is 9.99. The van der Waals surface area contributed by atoms with Crippen LogP contribution in [0, 0.1) is 0 Å². The Kier molecular flexibility index (Phi) is 6.25. The van der Waals surface area contributed by atoms with Gasteiger partial charge in [0, 0.05) is 13.7 Å². The van der Waals surface area contributed by atoms with Crippen molar-refractivity contribution in [2.75, 3.05) is 26.8 Å². The van der Waals surface area contributed by atoms with Gasteiger partial charge < -0.3 is 15.0 Å². The van der Waals surface area contributed by atoms with Gasteiger partial charge in [0.2, 0.25) is 10.0 Å². The minimum atomic E-state index is -3.81. The fraction of sp³-hybridized carbons (Fsp3) is 0.467. The summed E-state index contributed by atoms with van der Waals surface area (Å²) in [5.41, 5.74) is -1.42. The van der Waals surface area contributed by atoms with Gasteiger partial charge in [0.25, 0.3) is 5.56 Å². The monoisotopic (exact) mass is 404 g/mol. The Morgan fingerprint density at radius 1 is 1.27 bits per heavy atom. The number of methoxy groups -OCH3 is 1. The van der Waals surface area contributed by atoms with Crippen molar-refractivity contribution < 1.29 is 13.2 Å². The topological polar surface area (TPSA) is 133 Å². The lowest BCUT2D eigenvalue weighted by molar-refractivity contribution is 0.122. The SMILES string of the molecule is COCC1(CNS(=O)(=O)c2ccc3[nH]c(=O)[nH]c(=O)c3c2)CCCN1.Cl. The lowest BCUT2D eigenvalue weighted by Gasteiger charge is -2.28. The molecule has 0 saturated carbocycles. The van der Waals surface area contributed by atoms with E-state index >= 15 is 0 Å². The van der Waals surface area contributed by atoms with Gasteiger partial charge in [0.15, 0.2) is 0 Å². The number of halogens is 1. The van der Waals surface area contributed by atoms with Crippen LogP contribution in [-0.4, -0.2) is 50.7 Å². The minimum Gasteiger partial charge on any atom is -0.383 e. The maximum Gasteiger partial charge on any atom is 0.326 e. The van der Waals surface area contributed by atoms with Crippen LogP contribution in [0.15, 0.2) is 32.7 Å². The number of rotatable bonds is 6. The van der Waals surface area contributed by atoms with Crippen molar-refractivity contribution in [2.24, 2.45) is 0 Å². The Labute approximate surface area is 156 Å². The van der Waals surface area contributed by atoms with Crippen molar-refractivity contribution in [3.63, 3.8) is 0 Å². The van der Waals surface area contributed by atoms with Gasteiger partial charge in [-0.2, -0.15) is 0 Å². The summed E-state index contributed by atoms with van der Waals surface area (Å²) in [6, 6.07) is 4.00. The molecular formula is C15H21ClN4O5S. The number of H-pyrrole nitrogens is 2. The van der Waals surface area contributed by atoms with Crippen molar-refractivity contribution in [1.29, 1.82) is 0 Å². The zero-order chi connectivity index (χ0) is 18.1. The van der Waals surface area contributed by atoms with Crippen molar-refractivity contribution in [1.82, 2.24) is 20.0 Å². The Morgan fingerprint density at radius 3 is 2.69 bits per heavy atom. The molecule has 1 saturated heterocycles. The minimum absolute atomic E-state index is 0. The maximum atomic E-state index is 12.6. The second kappa shape index (κ2) is 7.89. The summed E-state index contributed by atoms with van der Waals surface area (Å²) in [5.74, 6) is 0. The van der Waals surface area contributed by atoms with E-state index in [2.05, 4.69) is 20.0 Å². The highest BCUT2D eigenvalue weighted by molar-refractivity contribution is 7.89. The number of benzene rings is 1. The number of fused-ring (bicyclic) bond motifs is 1. The second-order valence-corrected chi connectivity index (χ2v) is 7.95. The molecule has 0 amide bonds. The first-order valence-electron chi connectivity index (χ1n) is 7.85. The largest absolute Gasteiger partial charge is 0.383 e. The molecule has 11 heteroatoms. The first-order valence-corrected chi connectivity index (χ1v) is 9.34. The molecule has 1 aliphatic rings. The molecule has 1 unspecified atom stereocenters. The summed E-state index contributed by atoms with van der Waals surface area (Å²) in [6.45, 7) is 1.39. The molecule has 0 bridgehead atoms. The Balaban J connectivity index is 0.00000243. The summed E-state index contributed by atoms with van der Waals surface area (Å²) in [7, 11) is -2.24. The Morgan fingerprint density at radius 2 is 2.04 bits per heavy atom. The molecule has 1 atom stereocenters. The standard InChI is InChI=1S/C15H20N4O5S.ClH/c1-24-9-15(5-2-6-16-15)8-17-25(22,23)10-3-4-12-11(7-10)13(20)19-14(21)18-12;/h3-4,7,16-17H,2,5-6,8-9H2,1H3,(H2,18,19,20,21);1H. The van der Waals surface area contributed by atoms with E-state index in [0.717, 1.165) is 19.4 Å². The van der Waals surface area contributed by atoms with Crippen LogP contribution in [0.1, 0.15) is 12.8 Å². The number of hydrogen-bond donors (Lipinski definition) is 4. The van der Waals surface area contributed by atoms with E-state index in [1.807, 2.05) is 0 Å². The number of aromatic nitrogens is 2. The molecule has 1 fully saturated rings. The summed E-state index contributed by atoms with van der Waals surface area (Å²) in [6.07, 6.45) is 1.76. The molecule has 3 rings (SSSR count). The maximum absolute atomic E-state index is 12.6. The predicted molar refractivity (Wildman–Crippen MR) is 99.5 cm³/mol. The van der Waals surface area contributed by atoms with Crippen LogP contribution in [-0.2, 0) is 14.8 Å². The second-order valence-electron chi connectivity index (χ2n) is 6.18. The fourth-order valence-electron chi connectivity index (χ4n) is 3.10. The normalized spacial score (nSPS) is 20.2. The van der Waals surface area contributed by atoms with Crippen LogP contribution in [0.3, 0.4) is 0 Å². The smallest absolute Gasteiger partial charge is 0.326 e. The molecule has 26 heavy (non-hydrogen) atoms. The van der Waals surface area contributed by atoms with Gasteiger partial charge in [0.05, 0.1) is 27.9 Å². The number of hydrogen-bond acceptors (Lipinski definition) is 6. The first-order chi connectivity index (χ1) is 11.9. The van der Waals surface area contributed by atoms with Crippen LogP contribution < -0.4 is 21.3 Å². The van der Waals surface area contributed by atoms with Crippen LogP contribution in [0.4, 0.5) is 0 Å². The molecule has 1 aromatic heterocycles. The third-order valence-corrected chi connectivity index (χ3v) is 5.77. The number of ether oxygens (including phenoxy) is 1. The van der Waals surface area contributed by atoms with Crippen LogP contribution >= 0.6 is 12.4 Å². The predicted octanol–water partition coefficient (Wildman–Crippen LogP) is -0.315. The highest BCUT2D eigenvalue weighted by Gasteiger charge is 2.34. The van der Waals surface area contributed by atoms with Gasteiger partial charge in [-0.3, -0.25) is 9.78 Å². The van der Waals surface area contributed by atoms with E-state index in [0.29, 0.717) is 6.61 Å². The summed E-state index contributed by atoms with van der Waals surface area (Å²) in [4.78, 5) is 27.6. The van der Waals surface area contributed by atoms with Gasteiger partial charge in [-0.1, -0.05) is 0 Å². The van der Waals surface area contributed by atoms with Crippen molar-refractivity contribution in [3.05, 3.63) is 39.0 Å². The molecule has 1 aliphatic heterocycles. The van der Waals surface area contributed by atoms with E-state index in [1.54, 1.807) is 7.11 Å². The molecule has 9 nitrogen and oxygen atoms in total. The van der Waals surface area contributed by atoms with Crippen molar-refractivity contribution in [3.8, 4) is 0 Å². The number of aromatic amines is 2. The third-order valence-electron chi connectivity index (χ3n) is 4.37. The fourth-order valence-corrected chi connectivity index (χ4v) is 4.25. The molecular weight excluding hydrogens is 384 g/mol. The van der Waals surface area contributed by atoms with Crippen LogP contribution in [0.5, 0.6) is 0 Å². The molecule has 0 radical (unpaired) electrons. The lowest BCUT2D eigenvalue weighted by Crippen LogP contribution is -2.52. The zero-order valence-corrected chi connectivity index (χ0v) is 15.8. The quantitative estimate of drug-likeness (QED) is 0.521. The van der Waals surface area contributed by atoms with E-state index in [4.69, 9.17) is 4.74 Å². The molecule has 2 heterocycles. The molecule has 0 spiro atoms. The molecule has 2 aromatic rings. The molecule has 1 aromatic carbocycles. The van der Waals surface area contributed by atoms with Gasteiger partial charge in [-0.25, -0.2) is 17.9 Å². The summed E-state index contributed by atoms with van der Waals surface area (Å²) in [5, 5.41) is 3.40. The van der Waals surface area contributed by atoms with E-state index in [1.165, 1.54) is 18.2 Å².